The lowest BCUT2D eigenvalue weighted by Gasteiger charge is -2.19. The van der Waals surface area contributed by atoms with Crippen molar-refractivity contribution in [1.29, 1.82) is 0 Å². The van der Waals surface area contributed by atoms with E-state index in [1.165, 1.54) is 5.56 Å². The molecule has 6 heteroatoms. The highest BCUT2D eigenvalue weighted by atomic mass is 35.5. The molecule has 1 aliphatic rings. The number of carboxylic acids is 1. The normalized spacial score (nSPS) is 18.8. The fourth-order valence-corrected chi connectivity index (χ4v) is 2.81. The predicted octanol–water partition coefficient (Wildman–Crippen LogP) is 1.88. The molecule has 0 aliphatic carbocycles. The lowest BCUT2D eigenvalue weighted by atomic mass is 9.92. The van der Waals surface area contributed by atoms with Gasteiger partial charge in [-0.15, -0.1) is 12.4 Å². The van der Waals surface area contributed by atoms with Crippen LogP contribution in [0.15, 0.2) is 30.3 Å². The van der Waals surface area contributed by atoms with E-state index in [9.17, 15) is 9.59 Å². The Hall–Kier alpha value is -1.59. The van der Waals surface area contributed by atoms with Crippen molar-refractivity contribution in [2.75, 3.05) is 26.2 Å². The average Bonchev–Trinajstić information content (AvgIpc) is 2.72. The molecule has 1 fully saturated rings. The zero-order valence-electron chi connectivity index (χ0n) is 12.5. The number of carbonyl (C=O) groups excluding carboxylic acids is 1. The standard InChI is InChI=1S/C16H22N2O3.ClH/c19-15(17-11-16(20)21)12-18-9-4-7-14(8-10-18)13-5-2-1-3-6-13;/h1-3,5-6,14H,4,7-12H2,(H,17,19)(H,20,21);1H. The molecule has 1 aliphatic heterocycles. The molecular formula is C16H23ClN2O3. The maximum Gasteiger partial charge on any atom is 0.322 e. The van der Waals surface area contributed by atoms with Crippen molar-refractivity contribution >= 4 is 24.3 Å². The van der Waals surface area contributed by atoms with Crippen LogP contribution in [0, 0.1) is 0 Å². The Morgan fingerprint density at radius 2 is 1.91 bits per heavy atom. The second-order valence-electron chi connectivity index (χ2n) is 5.49. The number of hydrogen-bond donors (Lipinski definition) is 2. The fraction of sp³-hybridized carbons (Fsp3) is 0.500. The first kappa shape index (κ1) is 18.5. The first-order valence-corrected chi connectivity index (χ1v) is 7.41. The summed E-state index contributed by atoms with van der Waals surface area (Å²) in [5.74, 6) is -0.669. The summed E-state index contributed by atoms with van der Waals surface area (Å²) in [6.45, 7) is 1.75. The molecular weight excluding hydrogens is 304 g/mol. The first-order chi connectivity index (χ1) is 10.1. The highest BCUT2D eigenvalue weighted by Crippen LogP contribution is 2.27. The summed E-state index contributed by atoms with van der Waals surface area (Å²) in [7, 11) is 0. The highest BCUT2D eigenvalue weighted by Gasteiger charge is 2.19. The van der Waals surface area contributed by atoms with E-state index in [0.29, 0.717) is 5.92 Å². The lowest BCUT2D eigenvalue weighted by Crippen LogP contribution is -2.39. The molecule has 1 amide bonds. The number of benzene rings is 1. The van der Waals surface area contributed by atoms with Crippen LogP contribution in [0.2, 0.25) is 0 Å². The van der Waals surface area contributed by atoms with Gasteiger partial charge in [0.05, 0.1) is 6.54 Å². The second kappa shape index (κ2) is 9.43. The van der Waals surface area contributed by atoms with Crippen molar-refractivity contribution in [2.45, 2.75) is 25.2 Å². The molecule has 0 bridgehead atoms. The Kier molecular flexibility index (Phi) is 7.91. The number of halogens is 1. The van der Waals surface area contributed by atoms with Gasteiger partial charge in [-0.1, -0.05) is 30.3 Å². The van der Waals surface area contributed by atoms with Crippen LogP contribution in [-0.2, 0) is 9.59 Å². The molecule has 1 heterocycles. The zero-order chi connectivity index (χ0) is 15.1. The summed E-state index contributed by atoms with van der Waals surface area (Å²) in [6.07, 6.45) is 3.24. The Morgan fingerprint density at radius 1 is 1.18 bits per heavy atom. The van der Waals surface area contributed by atoms with Gasteiger partial charge in [-0.3, -0.25) is 14.5 Å². The van der Waals surface area contributed by atoms with Crippen LogP contribution >= 0.6 is 12.4 Å². The van der Waals surface area contributed by atoms with Gasteiger partial charge in [0, 0.05) is 0 Å². The lowest BCUT2D eigenvalue weighted by molar-refractivity contribution is -0.138. The SMILES string of the molecule is Cl.O=C(O)CNC(=O)CN1CCCC(c2ccccc2)CC1. The topological polar surface area (TPSA) is 69.6 Å². The number of nitrogens with zero attached hydrogens (tertiary/aromatic N) is 1. The molecule has 1 saturated heterocycles. The molecule has 1 unspecified atom stereocenters. The van der Waals surface area contributed by atoms with Gasteiger partial charge in [-0.2, -0.15) is 0 Å². The smallest absolute Gasteiger partial charge is 0.322 e. The summed E-state index contributed by atoms with van der Waals surface area (Å²) in [5.41, 5.74) is 1.37. The van der Waals surface area contributed by atoms with Crippen molar-refractivity contribution in [3.8, 4) is 0 Å². The zero-order valence-corrected chi connectivity index (χ0v) is 13.3. The maximum atomic E-state index is 11.7. The summed E-state index contributed by atoms with van der Waals surface area (Å²) < 4.78 is 0. The quantitative estimate of drug-likeness (QED) is 0.867. The predicted molar refractivity (Wildman–Crippen MR) is 87.4 cm³/mol. The Balaban J connectivity index is 0.00000242. The number of aliphatic carboxylic acids is 1. The number of rotatable bonds is 5. The minimum Gasteiger partial charge on any atom is -0.480 e. The van der Waals surface area contributed by atoms with Crippen LogP contribution in [0.4, 0.5) is 0 Å². The summed E-state index contributed by atoms with van der Waals surface area (Å²) in [5, 5.41) is 11.0. The van der Waals surface area contributed by atoms with Crippen molar-refractivity contribution in [2.24, 2.45) is 0 Å². The molecule has 0 radical (unpaired) electrons. The molecule has 2 rings (SSSR count). The van der Waals surface area contributed by atoms with E-state index in [4.69, 9.17) is 5.11 Å². The van der Waals surface area contributed by atoms with Crippen LogP contribution in [0.3, 0.4) is 0 Å². The van der Waals surface area contributed by atoms with Crippen LogP contribution < -0.4 is 5.32 Å². The molecule has 0 saturated carbocycles. The maximum absolute atomic E-state index is 11.7. The van der Waals surface area contributed by atoms with E-state index in [0.717, 1.165) is 32.4 Å². The first-order valence-electron chi connectivity index (χ1n) is 7.41. The molecule has 1 atom stereocenters. The van der Waals surface area contributed by atoms with Gasteiger partial charge in [0.1, 0.15) is 6.54 Å². The number of amides is 1. The van der Waals surface area contributed by atoms with Gasteiger partial charge in [-0.25, -0.2) is 0 Å². The molecule has 1 aromatic rings. The summed E-state index contributed by atoms with van der Waals surface area (Å²) in [6, 6.07) is 10.5. The van der Waals surface area contributed by atoms with Crippen molar-refractivity contribution < 1.29 is 14.7 Å². The molecule has 122 valence electrons. The highest BCUT2D eigenvalue weighted by molar-refractivity contribution is 5.85. The number of likely N-dealkylation sites (tertiary alicyclic amines) is 1. The van der Waals surface area contributed by atoms with E-state index in [1.54, 1.807) is 0 Å². The number of nitrogens with one attached hydrogen (secondary N) is 1. The van der Waals surface area contributed by atoms with Crippen LogP contribution in [0.1, 0.15) is 30.7 Å². The molecule has 2 N–H and O–H groups in total. The summed E-state index contributed by atoms with van der Waals surface area (Å²) >= 11 is 0. The minimum absolute atomic E-state index is 0. The van der Waals surface area contributed by atoms with E-state index >= 15 is 0 Å². The molecule has 22 heavy (non-hydrogen) atoms. The van der Waals surface area contributed by atoms with Crippen molar-refractivity contribution in [3.05, 3.63) is 35.9 Å². The van der Waals surface area contributed by atoms with E-state index < -0.39 is 5.97 Å². The van der Waals surface area contributed by atoms with Gasteiger partial charge in [0.2, 0.25) is 5.91 Å². The number of carbonyl (C=O) groups is 2. The minimum atomic E-state index is -1.01. The van der Waals surface area contributed by atoms with Crippen molar-refractivity contribution in [3.63, 3.8) is 0 Å². The average molecular weight is 327 g/mol. The Morgan fingerprint density at radius 3 is 2.59 bits per heavy atom. The summed E-state index contributed by atoms with van der Waals surface area (Å²) in [4.78, 5) is 24.2. The third-order valence-electron chi connectivity index (χ3n) is 3.90. The Bertz CT molecular complexity index is 482. The van der Waals surface area contributed by atoms with Crippen molar-refractivity contribution in [1.82, 2.24) is 10.2 Å². The third-order valence-corrected chi connectivity index (χ3v) is 3.90. The van der Waals surface area contributed by atoms with Crippen LogP contribution in [0.5, 0.6) is 0 Å². The fourth-order valence-electron chi connectivity index (χ4n) is 2.81. The Labute approximate surface area is 137 Å². The number of carboxylic acid groups (broad SMARTS) is 1. The second-order valence-corrected chi connectivity index (χ2v) is 5.49. The van der Waals surface area contributed by atoms with Crippen LogP contribution in [-0.4, -0.2) is 48.1 Å². The van der Waals surface area contributed by atoms with E-state index in [2.05, 4.69) is 34.5 Å². The van der Waals surface area contributed by atoms with E-state index in [1.807, 2.05) is 6.07 Å². The van der Waals surface area contributed by atoms with E-state index in [-0.39, 0.29) is 31.4 Å². The van der Waals surface area contributed by atoms with Gasteiger partial charge < -0.3 is 10.4 Å². The van der Waals surface area contributed by atoms with Crippen LogP contribution in [0.25, 0.3) is 0 Å². The monoisotopic (exact) mass is 326 g/mol. The molecule has 1 aromatic carbocycles. The molecule has 0 aromatic heterocycles. The molecule has 0 spiro atoms. The third kappa shape index (κ3) is 6.03. The number of hydrogen-bond acceptors (Lipinski definition) is 3. The molecule has 5 nitrogen and oxygen atoms in total. The van der Waals surface area contributed by atoms with Gasteiger partial charge >= 0.3 is 5.97 Å². The van der Waals surface area contributed by atoms with Gasteiger partial charge in [0.25, 0.3) is 0 Å². The van der Waals surface area contributed by atoms with Gasteiger partial charge in [0.15, 0.2) is 0 Å². The van der Waals surface area contributed by atoms with Gasteiger partial charge in [-0.05, 0) is 43.8 Å². The largest absolute Gasteiger partial charge is 0.480 e.